The average Bonchev–Trinajstić information content (AvgIpc) is 2.99. The van der Waals surface area contributed by atoms with Crippen LogP contribution in [0.15, 0.2) is 22.2 Å². The molecular weight excluding hydrogens is 246 g/mol. The van der Waals surface area contributed by atoms with E-state index in [0.717, 1.165) is 0 Å². The molecule has 6 heteroatoms. The highest BCUT2D eigenvalue weighted by molar-refractivity contribution is 6.03. The van der Waals surface area contributed by atoms with E-state index in [1.54, 1.807) is 0 Å². The molecule has 1 aliphatic heterocycles. The zero-order valence-electron chi connectivity index (χ0n) is 11.5. The molecule has 0 bridgehead atoms. The quantitative estimate of drug-likeness (QED) is 0.600. The van der Waals surface area contributed by atoms with Crippen LogP contribution in [0.3, 0.4) is 0 Å². The second-order valence-corrected chi connectivity index (χ2v) is 4.81. The number of rotatable bonds is 5. The molecule has 1 unspecified atom stereocenters. The summed E-state index contributed by atoms with van der Waals surface area (Å²) in [5.74, 6) is 0.152. The Labute approximate surface area is 112 Å². The first-order chi connectivity index (χ1) is 9.13. The third kappa shape index (κ3) is 2.94. The first-order valence-corrected chi connectivity index (χ1v) is 6.51. The summed E-state index contributed by atoms with van der Waals surface area (Å²) in [6.07, 6.45) is 3.32. The fourth-order valence-electron chi connectivity index (χ4n) is 2.22. The number of carbonyl (C=O) groups is 1. The maximum Gasteiger partial charge on any atom is 0.223 e. The van der Waals surface area contributed by atoms with Crippen LogP contribution in [0.25, 0.3) is 0 Å². The molecule has 19 heavy (non-hydrogen) atoms. The Balaban J connectivity index is 2.19. The molecule has 2 heterocycles. The number of nitrogens with zero attached hydrogens (tertiary/aromatic N) is 3. The number of aromatic nitrogens is 1. The van der Waals surface area contributed by atoms with Crippen molar-refractivity contribution in [3.05, 3.63) is 18.4 Å². The minimum absolute atomic E-state index is 0.00606. The first-order valence-electron chi connectivity index (χ1n) is 6.51. The summed E-state index contributed by atoms with van der Waals surface area (Å²) in [5, 5.41) is 4.11. The van der Waals surface area contributed by atoms with Gasteiger partial charge in [0, 0.05) is 24.9 Å². The maximum atomic E-state index is 12.0. The van der Waals surface area contributed by atoms with Crippen LogP contribution in [0, 0.1) is 5.92 Å². The number of hydrogen-bond acceptors (Lipinski definition) is 5. The van der Waals surface area contributed by atoms with Crippen molar-refractivity contribution in [1.82, 2.24) is 9.88 Å². The van der Waals surface area contributed by atoms with Crippen LogP contribution >= 0.6 is 0 Å². The smallest absolute Gasteiger partial charge is 0.223 e. The molecule has 0 spiro atoms. The SMILES string of the molecule is CCO/N=C(\c1cocn1)C1CC(=O)N(C(C)C)C1. The van der Waals surface area contributed by atoms with Crippen LogP contribution in [0.2, 0.25) is 0 Å². The lowest BCUT2D eigenvalue weighted by atomic mass is 10.0. The van der Waals surface area contributed by atoms with Gasteiger partial charge in [-0.1, -0.05) is 5.16 Å². The third-order valence-electron chi connectivity index (χ3n) is 3.16. The lowest BCUT2D eigenvalue weighted by Gasteiger charge is -2.20. The normalized spacial score (nSPS) is 20.4. The minimum Gasteiger partial charge on any atom is -0.451 e. The number of likely N-dealkylation sites (tertiary alicyclic amines) is 1. The molecule has 0 aliphatic carbocycles. The van der Waals surface area contributed by atoms with Crippen molar-refractivity contribution in [2.45, 2.75) is 33.2 Å². The molecule has 1 saturated heterocycles. The van der Waals surface area contributed by atoms with Crippen molar-refractivity contribution in [2.24, 2.45) is 11.1 Å². The van der Waals surface area contributed by atoms with Gasteiger partial charge in [-0.05, 0) is 20.8 Å². The van der Waals surface area contributed by atoms with Gasteiger partial charge in [0.2, 0.25) is 5.91 Å². The van der Waals surface area contributed by atoms with Crippen molar-refractivity contribution in [1.29, 1.82) is 0 Å². The van der Waals surface area contributed by atoms with Gasteiger partial charge in [0.1, 0.15) is 24.3 Å². The molecule has 1 aromatic rings. The van der Waals surface area contributed by atoms with Crippen LogP contribution in [-0.2, 0) is 9.63 Å². The molecule has 2 rings (SSSR count). The predicted octanol–water partition coefficient (Wildman–Crippen LogP) is 1.67. The number of hydrogen-bond donors (Lipinski definition) is 0. The van der Waals surface area contributed by atoms with Crippen molar-refractivity contribution in [3.63, 3.8) is 0 Å². The van der Waals surface area contributed by atoms with E-state index in [1.807, 2.05) is 25.7 Å². The van der Waals surface area contributed by atoms with E-state index in [1.165, 1.54) is 12.7 Å². The molecule has 0 saturated carbocycles. The van der Waals surface area contributed by atoms with Crippen molar-refractivity contribution >= 4 is 11.6 Å². The molecule has 0 aromatic carbocycles. The Bertz CT molecular complexity index is 454. The summed E-state index contributed by atoms with van der Waals surface area (Å²) in [6.45, 7) is 7.01. The summed E-state index contributed by atoms with van der Waals surface area (Å²) < 4.78 is 4.99. The Morgan fingerprint density at radius 3 is 3.00 bits per heavy atom. The number of carbonyl (C=O) groups excluding carboxylic acids is 1. The van der Waals surface area contributed by atoms with E-state index < -0.39 is 0 Å². The zero-order valence-corrected chi connectivity index (χ0v) is 11.5. The second-order valence-electron chi connectivity index (χ2n) is 4.81. The summed E-state index contributed by atoms with van der Waals surface area (Å²) in [6, 6.07) is 0.197. The maximum absolute atomic E-state index is 12.0. The van der Waals surface area contributed by atoms with Crippen molar-refractivity contribution in [2.75, 3.05) is 13.2 Å². The molecule has 1 fully saturated rings. The van der Waals surface area contributed by atoms with Gasteiger partial charge in [-0.15, -0.1) is 0 Å². The molecule has 1 atom stereocenters. The minimum atomic E-state index is 0.00606. The zero-order chi connectivity index (χ0) is 13.8. The Kier molecular flexibility index (Phi) is 4.19. The largest absolute Gasteiger partial charge is 0.451 e. The molecular formula is C13H19N3O3. The van der Waals surface area contributed by atoms with Gasteiger partial charge in [-0.3, -0.25) is 4.79 Å². The summed E-state index contributed by atoms with van der Waals surface area (Å²) in [5.41, 5.74) is 1.32. The first kappa shape index (κ1) is 13.6. The molecule has 0 radical (unpaired) electrons. The van der Waals surface area contributed by atoms with Gasteiger partial charge in [0.05, 0.1) is 0 Å². The highest BCUT2D eigenvalue weighted by atomic mass is 16.6. The van der Waals surface area contributed by atoms with Crippen LogP contribution < -0.4 is 0 Å². The van der Waals surface area contributed by atoms with E-state index >= 15 is 0 Å². The summed E-state index contributed by atoms with van der Waals surface area (Å²) in [7, 11) is 0. The molecule has 104 valence electrons. The Morgan fingerprint density at radius 1 is 1.68 bits per heavy atom. The summed E-state index contributed by atoms with van der Waals surface area (Å²) >= 11 is 0. The number of oxime groups is 1. The fraction of sp³-hybridized carbons (Fsp3) is 0.615. The molecule has 1 amide bonds. The highest BCUT2D eigenvalue weighted by Crippen LogP contribution is 2.24. The summed E-state index contributed by atoms with van der Waals surface area (Å²) in [4.78, 5) is 23.1. The Morgan fingerprint density at radius 2 is 2.47 bits per heavy atom. The van der Waals surface area contributed by atoms with Crippen LogP contribution in [0.5, 0.6) is 0 Å². The van der Waals surface area contributed by atoms with Crippen molar-refractivity contribution in [3.8, 4) is 0 Å². The number of amides is 1. The molecule has 1 aromatic heterocycles. The van der Waals surface area contributed by atoms with Gasteiger partial charge >= 0.3 is 0 Å². The standard InChI is InChI=1S/C13H19N3O3/c1-4-19-15-13(11-7-18-8-14-11)10-5-12(17)16(6-10)9(2)3/h7-10H,4-6H2,1-3H3/b15-13-. The van der Waals surface area contributed by atoms with Gasteiger partial charge < -0.3 is 14.2 Å². The van der Waals surface area contributed by atoms with E-state index in [4.69, 9.17) is 9.25 Å². The van der Waals surface area contributed by atoms with E-state index in [0.29, 0.717) is 31.0 Å². The van der Waals surface area contributed by atoms with Crippen molar-refractivity contribution < 1.29 is 14.0 Å². The van der Waals surface area contributed by atoms with E-state index in [9.17, 15) is 4.79 Å². The lowest BCUT2D eigenvalue weighted by molar-refractivity contribution is -0.129. The Hall–Kier alpha value is -1.85. The van der Waals surface area contributed by atoms with Crippen LogP contribution in [-0.4, -0.2) is 40.7 Å². The monoisotopic (exact) mass is 265 g/mol. The molecule has 0 N–H and O–H groups in total. The van der Waals surface area contributed by atoms with Gasteiger partial charge in [0.15, 0.2) is 6.39 Å². The third-order valence-corrected chi connectivity index (χ3v) is 3.16. The van der Waals surface area contributed by atoms with Gasteiger partial charge in [0.25, 0.3) is 0 Å². The van der Waals surface area contributed by atoms with Crippen LogP contribution in [0.4, 0.5) is 0 Å². The van der Waals surface area contributed by atoms with E-state index in [2.05, 4.69) is 10.1 Å². The molecule has 1 aliphatic rings. The highest BCUT2D eigenvalue weighted by Gasteiger charge is 2.35. The number of oxazole rings is 1. The second kappa shape index (κ2) is 5.86. The lowest BCUT2D eigenvalue weighted by Crippen LogP contribution is -2.32. The topological polar surface area (TPSA) is 67.9 Å². The fourth-order valence-corrected chi connectivity index (χ4v) is 2.22. The van der Waals surface area contributed by atoms with Crippen LogP contribution in [0.1, 0.15) is 32.9 Å². The van der Waals surface area contributed by atoms with Gasteiger partial charge in [-0.2, -0.15) is 0 Å². The predicted molar refractivity (Wildman–Crippen MR) is 69.6 cm³/mol. The van der Waals surface area contributed by atoms with Gasteiger partial charge in [-0.25, -0.2) is 4.98 Å². The van der Waals surface area contributed by atoms with E-state index in [-0.39, 0.29) is 17.9 Å². The average molecular weight is 265 g/mol. The molecule has 6 nitrogen and oxygen atoms in total.